The number of nitriles is 1. The van der Waals surface area contributed by atoms with E-state index in [2.05, 4.69) is 47.6 Å². The Morgan fingerprint density at radius 1 is 1.00 bits per heavy atom. The fraction of sp³-hybridized carbons (Fsp3) is 0.0588. The fourth-order valence-electron chi connectivity index (χ4n) is 2.10. The van der Waals surface area contributed by atoms with Crippen LogP contribution in [-0.4, -0.2) is 15.0 Å². The van der Waals surface area contributed by atoms with Crippen LogP contribution in [0, 0.1) is 18.3 Å². The van der Waals surface area contributed by atoms with Gasteiger partial charge in [0.05, 0.1) is 17.3 Å². The van der Waals surface area contributed by atoms with Gasteiger partial charge in [0.1, 0.15) is 0 Å². The summed E-state index contributed by atoms with van der Waals surface area (Å²) in [5, 5.41) is 15.0. The Hall–Kier alpha value is -3.18. The van der Waals surface area contributed by atoms with Crippen molar-refractivity contribution in [2.75, 3.05) is 16.4 Å². The quantitative estimate of drug-likeness (QED) is 0.613. The predicted octanol–water partition coefficient (Wildman–Crippen LogP) is 3.88. The van der Waals surface area contributed by atoms with Crippen molar-refractivity contribution < 1.29 is 0 Å². The second-order valence-electron chi connectivity index (χ2n) is 5.26. The first-order valence-corrected chi connectivity index (χ1v) is 8.15. The maximum absolute atomic E-state index is 8.84. The molecule has 0 fully saturated rings. The number of hydrogen-bond acceptors (Lipinski definition) is 7. The molecule has 0 aliphatic heterocycles. The Morgan fingerprint density at radius 2 is 1.68 bits per heavy atom. The second-order valence-corrected chi connectivity index (χ2v) is 6.12. The molecule has 124 valence electrons. The topological polar surface area (TPSA) is 113 Å². The minimum absolute atomic E-state index is 0.0943. The Bertz CT molecular complexity index is 948. The van der Waals surface area contributed by atoms with Gasteiger partial charge >= 0.3 is 0 Å². The number of nitrogens with two attached hydrogens (primary N) is 1. The highest BCUT2D eigenvalue weighted by atomic mass is 79.9. The van der Waals surface area contributed by atoms with Crippen LogP contribution in [0.25, 0.3) is 0 Å². The van der Waals surface area contributed by atoms with Gasteiger partial charge in [-0.2, -0.15) is 20.2 Å². The number of benzene rings is 2. The lowest BCUT2D eigenvalue weighted by Gasteiger charge is -2.10. The molecule has 7 nitrogen and oxygen atoms in total. The summed E-state index contributed by atoms with van der Waals surface area (Å²) in [7, 11) is 0. The number of anilines is 5. The number of aromatic nitrogens is 3. The molecule has 1 aromatic heterocycles. The number of nitrogen functional groups attached to an aromatic ring is 1. The van der Waals surface area contributed by atoms with Gasteiger partial charge in [-0.25, -0.2) is 0 Å². The van der Waals surface area contributed by atoms with E-state index in [-0.39, 0.29) is 5.95 Å². The smallest absolute Gasteiger partial charge is 0.233 e. The lowest BCUT2D eigenvalue weighted by atomic mass is 10.2. The van der Waals surface area contributed by atoms with Crippen LogP contribution in [0.15, 0.2) is 46.9 Å². The molecule has 0 spiro atoms. The minimum atomic E-state index is 0.0943. The van der Waals surface area contributed by atoms with Gasteiger partial charge in [-0.3, -0.25) is 0 Å². The molecule has 0 atom stereocenters. The van der Waals surface area contributed by atoms with E-state index < -0.39 is 0 Å². The van der Waals surface area contributed by atoms with E-state index in [4.69, 9.17) is 11.0 Å². The van der Waals surface area contributed by atoms with Crippen molar-refractivity contribution in [1.82, 2.24) is 15.0 Å². The molecule has 0 saturated heterocycles. The minimum Gasteiger partial charge on any atom is -0.368 e. The van der Waals surface area contributed by atoms with Crippen LogP contribution in [0.5, 0.6) is 0 Å². The number of halogens is 1. The molecule has 25 heavy (non-hydrogen) atoms. The van der Waals surface area contributed by atoms with Crippen molar-refractivity contribution >= 4 is 45.1 Å². The fourth-order valence-corrected chi connectivity index (χ4v) is 2.70. The van der Waals surface area contributed by atoms with Gasteiger partial charge in [-0.15, -0.1) is 0 Å². The molecule has 2 aromatic carbocycles. The maximum atomic E-state index is 8.84. The number of rotatable bonds is 4. The van der Waals surface area contributed by atoms with E-state index in [1.54, 1.807) is 24.3 Å². The zero-order valence-electron chi connectivity index (χ0n) is 13.3. The molecule has 0 radical (unpaired) electrons. The molecule has 3 aromatic rings. The highest BCUT2D eigenvalue weighted by Gasteiger charge is 2.07. The lowest BCUT2D eigenvalue weighted by Crippen LogP contribution is -2.07. The Labute approximate surface area is 153 Å². The standard InChI is InChI=1S/C17H14BrN7/c1-10-2-7-14(13(18)8-10)22-17-24-15(20)23-16(25-17)21-12-5-3-11(9-19)4-6-12/h2-8H,1H3,(H4,20,21,22,23,24,25). The van der Waals surface area contributed by atoms with E-state index in [0.29, 0.717) is 17.5 Å². The molecular weight excluding hydrogens is 382 g/mol. The molecule has 0 amide bonds. The van der Waals surface area contributed by atoms with Gasteiger partial charge < -0.3 is 16.4 Å². The van der Waals surface area contributed by atoms with E-state index in [1.165, 1.54) is 0 Å². The SMILES string of the molecule is Cc1ccc(Nc2nc(N)nc(Nc3ccc(C#N)cc3)n2)c(Br)c1. The van der Waals surface area contributed by atoms with Crippen LogP contribution in [0.2, 0.25) is 0 Å². The summed E-state index contributed by atoms with van der Waals surface area (Å²) in [6.45, 7) is 2.01. The molecule has 0 aliphatic rings. The third kappa shape index (κ3) is 4.22. The van der Waals surface area contributed by atoms with Crippen LogP contribution < -0.4 is 16.4 Å². The third-order valence-corrected chi connectivity index (χ3v) is 3.95. The Kier molecular flexibility index (Phi) is 4.77. The Balaban J connectivity index is 1.83. The summed E-state index contributed by atoms with van der Waals surface area (Å²) in [6.07, 6.45) is 0. The zero-order chi connectivity index (χ0) is 17.8. The monoisotopic (exact) mass is 395 g/mol. The number of hydrogen-bond donors (Lipinski definition) is 3. The summed E-state index contributed by atoms with van der Waals surface area (Å²) >= 11 is 3.50. The summed E-state index contributed by atoms with van der Waals surface area (Å²) < 4.78 is 0.896. The Morgan fingerprint density at radius 3 is 2.32 bits per heavy atom. The van der Waals surface area contributed by atoms with Gasteiger partial charge in [0, 0.05) is 10.2 Å². The van der Waals surface area contributed by atoms with Gasteiger partial charge in [-0.1, -0.05) is 6.07 Å². The summed E-state index contributed by atoms with van der Waals surface area (Å²) in [5.41, 5.74) is 9.05. The normalized spacial score (nSPS) is 10.1. The van der Waals surface area contributed by atoms with Crippen LogP contribution in [0.1, 0.15) is 11.1 Å². The van der Waals surface area contributed by atoms with Crippen molar-refractivity contribution in [1.29, 1.82) is 5.26 Å². The highest BCUT2D eigenvalue weighted by Crippen LogP contribution is 2.26. The van der Waals surface area contributed by atoms with Crippen LogP contribution in [0.4, 0.5) is 29.2 Å². The average molecular weight is 396 g/mol. The van der Waals surface area contributed by atoms with Gasteiger partial charge in [0.25, 0.3) is 0 Å². The number of aryl methyl sites for hydroxylation is 1. The van der Waals surface area contributed by atoms with Crippen LogP contribution >= 0.6 is 15.9 Å². The van der Waals surface area contributed by atoms with Crippen molar-refractivity contribution in [3.63, 3.8) is 0 Å². The van der Waals surface area contributed by atoms with E-state index in [9.17, 15) is 0 Å². The number of nitrogens with zero attached hydrogens (tertiary/aromatic N) is 4. The second kappa shape index (κ2) is 7.15. The van der Waals surface area contributed by atoms with Crippen molar-refractivity contribution in [2.24, 2.45) is 0 Å². The summed E-state index contributed by atoms with van der Waals surface area (Å²) in [4.78, 5) is 12.5. The first kappa shape index (κ1) is 16.7. The molecule has 0 saturated carbocycles. The molecule has 4 N–H and O–H groups in total. The lowest BCUT2D eigenvalue weighted by molar-refractivity contribution is 1.07. The molecule has 0 aliphatic carbocycles. The van der Waals surface area contributed by atoms with E-state index in [1.807, 2.05) is 25.1 Å². The maximum Gasteiger partial charge on any atom is 0.233 e. The number of nitrogens with one attached hydrogen (secondary N) is 2. The first-order chi connectivity index (χ1) is 12.0. The molecule has 0 unspecified atom stereocenters. The molecule has 0 bridgehead atoms. The summed E-state index contributed by atoms with van der Waals surface area (Å²) in [5.74, 6) is 0.730. The molecular formula is C17H14BrN7. The van der Waals surface area contributed by atoms with E-state index in [0.717, 1.165) is 21.4 Å². The highest BCUT2D eigenvalue weighted by molar-refractivity contribution is 9.10. The average Bonchev–Trinajstić information content (AvgIpc) is 2.58. The van der Waals surface area contributed by atoms with Crippen LogP contribution in [-0.2, 0) is 0 Å². The van der Waals surface area contributed by atoms with Crippen molar-refractivity contribution in [3.05, 3.63) is 58.1 Å². The molecule has 1 heterocycles. The largest absolute Gasteiger partial charge is 0.368 e. The zero-order valence-corrected chi connectivity index (χ0v) is 14.9. The van der Waals surface area contributed by atoms with Gasteiger partial charge in [0.2, 0.25) is 17.8 Å². The van der Waals surface area contributed by atoms with Gasteiger partial charge in [0.15, 0.2) is 0 Å². The summed E-state index contributed by atoms with van der Waals surface area (Å²) in [6, 6.07) is 14.9. The van der Waals surface area contributed by atoms with Crippen molar-refractivity contribution in [3.8, 4) is 6.07 Å². The van der Waals surface area contributed by atoms with E-state index >= 15 is 0 Å². The molecule has 8 heteroatoms. The van der Waals surface area contributed by atoms with Crippen molar-refractivity contribution in [2.45, 2.75) is 6.92 Å². The third-order valence-electron chi connectivity index (χ3n) is 3.29. The first-order valence-electron chi connectivity index (χ1n) is 7.35. The van der Waals surface area contributed by atoms with Crippen LogP contribution in [0.3, 0.4) is 0 Å². The predicted molar refractivity (Wildman–Crippen MR) is 101 cm³/mol. The van der Waals surface area contributed by atoms with Gasteiger partial charge in [-0.05, 0) is 64.8 Å². The molecule has 3 rings (SSSR count).